The van der Waals surface area contributed by atoms with Crippen LogP contribution in [0, 0.1) is 0 Å². The number of ether oxygens (including phenoxy) is 3. The highest BCUT2D eigenvalue weighted by Crippen LogP contribution is 2.15. The summed E-state index contributed by atoms with van der Waals surface area (Å²) in [6.07, 6.45) is 98.4. The van der Waals surface area contributed by atoms with Crippen LogP contribution in [0.15, 0.2) is 158 Å². The largest absolute Gasteiger partial charge is 0.462 e. The van der Waals surface area contributed by atoms with Gasteiger partial charge in [-0.2, -0.15) is 0 Å². The molecule has 0 aromatic rings. The maximum absolute atomic E-state index is 12.9. The van der Waals surface area contributed by atoms with Gasteiger partial charge < -0.3 is 14.2 Å². The molecule has 0 aromatic carbocycles. The van der Waals surface area contributed by atoms with Gasteiger partial charge in [-0.1, -0.05) is 301 Å². The molecular formula is C75H120O6. The van der Waals surface area contributed by atoms with Gasteiger partial charge in [0.25, 0.3) is 0 Å². The van der Waals surface area contributed by atoms with E-state index in [4.69, 9.17) is 14.2 Å². The Bertz CT molecular complexity index is 1810. The molecule has 0 aliphatic rings. The quantitative estimate of drug-likeness (QED) is 0.0261. The van der Waals surface area contributed by atoms with Crippen LogP contribution in [0.2, 0.25) is 0 Å². The van der Waals surface area contributed by atoms with E-state index >= 15 is 0 Å². The smallest absolute Gasteiger partial charge is 0.306 e. The molecule has 0 N–H and O–H groups in total. The number of hydrogen-bond donors (Lipinski definition) is 0. The van der Waals surface area contributed by atoms with E-state index in [2.05, 4.69) is 173 Å². The summed E-state index contributed by atoms with van der Waals surface area (Å²) in [7, 11) is 0. The normalized spacial score (nSPS) is 13.2. The van der Waals surface area contributed by atoms with Crippen molar-refractivity contribution >= 4 is 17.9 Å². The van der Waals surface area contributed by atoms with Crippen molar-refractivity contribution in [2.24, 2.45) is 0 Å². The van der Waals surface area contributed by atoms with Gasteiger partial charge in [0.05, 0.1) is 0 Å². The van der Waals surface area contributed by atoms with Crippen LogP contribution in [-0.2, 0) is 28.6 Å². The molecule has 1 atom stereocenters. The highest BCUT2D eigenvalue weighted by atomic mass is 16.6. The van der Waals surface area contributed by atoms with Gasteiger partial charge in [0.1, 0.15) is 13.2 Å². The van der Waals surface area contributed by atoms with Crippen molar-refractivity contribution in [3.8, 4) is 0 Å². The Hall–Kier alpha value is -4.97. The number of rotatable bonds is 58. The molecule has 0 amide bonds. The molecule has 0 aliphatic carbocycles. The molecule has 81 heavy (non-hydrogen) atoms. The van der Waals surface area contributed by atoms with E-state index in [9.17, 15) is 14.4 Å². The molecule has 0 rings (SSSR count). The Balaban J connectivity index is 4.39. The van der Waals surface area contributed by atoms with E-state index < -0.39 is 12.1 Å². The van der Waals surface area contributed by atoms with Crippen LogP contribution in [0.4, 0.5) is 0 Å². The molecule has 456 valence electrons. The summed E-state index contributed by atoms with van der Waals surface area (Å²) in [5.41, 5.74) is 0. The fourth-order valence-corrected chi connectivity index (χ4v) is 8.68. The van der Waals surface area contributed by atoms with Crippen LogP contribution in [0.25, 0.3) is 0 Å². The molecule has 0 saturated heterocycles. The highest BCUT2D eigenvalue weighted by Gasteiger charge is 2.19. The standard InChI is InChI=1S/C75H120O6/c1-4-7-10-13-16-19-22-25-27-29-31-32-33-34-35-36-37-38-39-40-41-42-44-45-47-50-53-56-59-62-65-68-74(77)80-71-72(70-79-73(76)67-64-61-58-55-52-49-24-21-18-15-12-9-6-3)81-75(78)69-66-63-60-57-54-51-48-46-43-30-28-26-23-20-17-14-11-8-5-2/h7-8,10-11,16-17,19-20,25-28,31-32,34-35,37-38,40-41,43,46,51,54,60,63,72H,4-6,9,12-15,18,21-24,29-30,33,36,39,42,44-45,47-50,52-53,55-59,61-62,64-71H2,1-3H3/b10-7-,11-8-,19-16-,20-17-,27-25-,28-26-,32-31-,35-34-,38-37-,41-40-,46-43-,54-51-,63-60-. The van der Waals surface area contributed by atoms with Crippen molar-refractivity contribution in [3.05, 3.63) is 158 Å². The topological polar surface area (TPSA) is 78.9 Å². The molecule has 0 aliphatic heterocycles. The fourth-order valence-electron chi connectivity index (χ4n) is 8.68. The van der Waals surface area contributed by atoms with E-state index in [0.717, 1.165) is 128 Å². The van der Waals surface area contributed by atoms with Crippen molar-refractivity contribution < 1.29 is 28.6 Å². The second kappa shape index (κ2) is 67.5. The summed E-state index contributed by atoms with van der Waals surface area (Å²) >= 11 is 0. The second-order valence-corrected chi connectivity index (χ2v) is 21.3. The van der Waals surface area contributed by atoms with Gasteiger partial charge in [-0.25, -0.2) is 0 Å². The number of allylic oxidation sites excluding steroid dienone is 26. The van der Waals surface area contributed by atoms with Crippen LogP contribution in [-0.4, -0.2) is 37.2 Å². The van der Waals surface area contributed by atoms with E-state index in [1.807, 2.05) is 6.08 Å². The Morgan fingerprint density at radius 2 is 0.506 bits per heavy atom. The minimum absolute atomic E-state index is 0.113. The van der Waals surface area contributed by atoms with Crippen LogP contribution in [0.1, 0.15) is 278 Å². The lowest BCUT2D eigenvalue weighted by atomic mass is 10.0. The SMILES string of the molecule is CC/C=C\C/C=C\C/C=C\C/C=C\C/C=C\C/C=C\C/C=C\CCCCCCCCCCCC(=O)OCC(COC(=O)CCCCCCCCCCCCCCC)OC(=O)CC/C=C\C/C=C\C/C=C\C/C=C\C/C=C\C/C=C\CC. The Labute approximate surface area is 499 Å². The number of hydrogen-bond acceptors (Lipinski definition) is 6. The van der Waals surface area contributed by atoms with Gasteiger partial charge in [-0.3, -0.25) is 14.4 Å². The summed E-state index contributed by atoms with van der Waals surface area (Å²) in [6.45, 7) is 6.35. The zero-order valence-corrected chi connectivity index (χ0v) is 52.2. The van der Waals surface area contributed by atoms with Gasteiger partial charge in [0.2, 0.25) is 0 Å². The molecule has 0 saturated carbocycles. The summed E-state index contributed by atoms with van der Waals surface area (Å²) < 4.78 is 16.8. The predicted molar refractivity (Wildman–Crippen MR) is 352 cm³/mol. The van der Waals surface area contributed by atoms with E-state index in [-0.39, 0.29) is 31.6 Å². The lowest BCUT2D eigenvalue weighted by molar-refractivity contribution is -0.166. The number of unbranched alkanes of at least 4 members (excludes halogenated alkanes) is 21. The maximum atomic E-state index is 12.9. The number of carbonyl (C=O) groups excluding carboxylic acids is 3. The van der Waals surface area contributed by atoms with E-state index in [1.54, 1.807) is 0 Å². The predicted octanol–water partition coefficient (Wildman–Crippen LogP) is 22.9. The fraction of sp³-hybridized carbons (Fsp3) is 0.613. The first-order chi connectivity index (χ1) is 40.0. The molecule has 1 unspecified atom stereocenters. The summed E-state index contributed by atoms with van der Waals surface area (Å²) in [5.74, 6) is -1.00. The first-order valence-electron chi connectivity index (χ1n) is 33.0. The third-order valence-corrected chi connectivity index (χ3v) is 13.5. The van der Waals surface area contributed by atoms with Crippen LogP contribution < -0.4 is 0 Å². The third kappa shape index (κ3) is 65.7. The second-order valence-electron chi connectivity index (χ2n) is 21.3. The maximum Gasteiger partial charge on any atom is 0.306 e. The zero-order valence-electron chi connectivity index (χ0n) is 52.2. The van der Waals surface area contributed by atoms with Gasteiger partial charge in [0, 0.05) is 19.3 Å². The van der Waals surface area contributed by atoms with Gasteiger partial charge in [0.15, 0.2) is 6.10 Å². The number of esters is 3. The van der Waals surface area contributed by atoms with E-state index in [0.29, 0.717) is 19.3 Å². The zero-order chi connectivity index (χ0) is 58.5. The van der Waals surface area contributed by atoms with Gasteiger partial charge in [-0.15, -0.1) is 0 Å². The Morgan fingerprint density at radius 3 is 0.802 bits per heavy atom. The minimum Gasteiger partial charge on any atom is -0.462 e. The Morgan fingerprint density at radius 1 is 0.259 bits per heavy atom. The molecule has 0 heterocycles. The first-order valence-corrected chi connectivity index (χ1v) is 33.0. The molecular weight excluding hydrogens is 997 g/mol. The molecule has 6 nitrogen and oxygen atoms in total. The molecule has 0 aromatic heterocycles. The van der Waals surface area contributed by atoms with Crippen LogP contribution >= 0.6 is 0 Å². The molecule has 0 spiro atoms. The average Bonchev–Trinajstić information content (AvgIpc) is 3.46. The molecule has 0 fully saturated rings. The van der Waals surface area contributed by atoms with Crippen LogP contribution in [0.3, 0.4) is 0 Å². The summed E-state index contributed by atoms with van der Waals surface area (Å²) in [6, 6.07) is 0. The average molecular weight is 1120 g/mol. The summed E-state index contributed by atoms with van der Waals surface area (Å²) in [5, 5.41) is 0. The Kier molecular flexibility index (Phi) is 63.4. The summed E-state index contributed by atoms with van der Waals surface area (Å²) in [4.78, 5) is 38.3. The lowest BCUT2D eigenvalue weighted by Crippen LogP contribution is -2.30. The van der Waals surface area contributed by atoms with Crippen molar-refractivity contribution in [1.29, 1.82) is 0 Å². The number of carbonyl (C=O) groups is 3. The highest BCUT2D eigenvalue weighted by molar-refractivity contribution is 5.71. The lowest BCUT2D eigenvalue weighted by Gasteiger charge is -2.18. The van der Waals surface area contributed by atoms with Crippen molar-refractivity contribution in [3.63, 3.8) is 0 Å². The van der Waals surface area contributed by atoms with Gasteiger partial charge >= 0.3 is 17.9 Å². The first kappa shape index (κ1) is 76.0. The molecule has 6 heteroatoms. The van der Waals surface area contributed by atoms with Crippen molar-refractivity contribution in [2.75, 3.05) is 13.2 Å². The van der Waals surface area contributed by atoms with Crippen molar-refractivity contribution in [1.82, 2.24) is 0 Å². The van der Waals surface area contributed by atoms with Gasteiger partial charge in [-0.05, 0) is 116 Å². The van der Waals surface area contributed by atoms with E-state index in [1.165, 1.54) is 103 Å². The van der Waals surface area contributed by atoms with Crippen molar-refractivity contribution in [2.45, 2.75) is 284 Å². The third-order valence-electron chi connectivity index (χ3n) is 13.5. The van der Waals surface area contributed by atoms with Crippen LogP contribution in [0.5, 0.6) is 0 Å². The molecule has 0 radical (unpaired) electrons. The minimum atomic E-state index is -0.827. The monoisotopic (exact) mass is 1120 g/mol. The molecule has 0 bridgehead atoms.